The molecule has 4 aromatic rings. The van der Waals surface area contributed by atoms with E-state index in [1.165, 1.54) is 5.39 Å². The van der Waals surface area contributed by atoms with E-state index in [4.69, 9.17) is 9.15 Å². The molecule has 1 aromatic heterocycles. The summed E-state index contributed by atoms with van der Waals surface area (Å²) in [6.07, 6.45) is 0.962. The van der Waals surface area contributed by atoms with E-state index in [1.54, 1.807) is 0 Å². The molecule has 112 valence electrons. The molecule has 3 aromatic carbocycles. The van der Waals surface area contributed by atoms with Crippen molar-refractivity contribution in [2.75, 3.05) is 6.61 Å². The van der Waals surface area contributed by atoms with Crippen molar-refractivity contribution in [1.29, 1.82) is 0 Å². The van der Waals surface area contributed by atoms with Crippen LogP contribution in [0.5, 0.6) is 5.75 Å². The summed E-state index contributed by atoms with van der Waals surface area (Å²) in [5.74, 6) is 1.81. The average Bonchev–Trinajstić information content (AvgIpc) is 2.94. The van der Waals surface area contributed by atoms with Crippen molar-refractivity contribution >= 4 is 21.9 Å². The number of fused-ring (bicyclic) bond motifs is 7. The summed E-state index contributed by atoms with van der Waals surface area (Å²) in [6, 6.07) is 20.8. The normalized spacial score (nSPS) is 13.9. The SMILES string of the molecule is c1ccc2c3c(ccc2c1)-c1oc2ccccc2[n+]1CCCO3. The molecule has 3 nitrogen and oxygen atoms in total. The van der Waals surface area contributed by atoms with E-state index < -0.39 is 0 Å². The molecule has 0 atom stereocenters. The summed E-state index contributed by atoms with van der Waals surface area (Å²) in [7, 11) is 0. The van der Waals surface area contributed by atoms with Gasteiger partial charge in [-0.05, 0) is 17.5 Å². The van der Waals surface area contributed by atoms with Crippen LogP contribution in [0.25, 0.3) is 33.3 Å². The second-order valence-electron chi connectivity index (χ2n) is 5.89. The van der Waals surface area contributed by atoms with Gasteiger partial charge in [0.05, 0.1) is 6.61 Å². The highest BCUT2D eigenvalue weighted by molar-refractivity contribution is 5.94. The third-order valence-electron chi connectivity index (χ3n) is 4.49. The predicted octanol–water partition coefficient (Wildman–Crippen LogP) is 4.32. The molecule has 0 amide bonds. The fourth-order valence-corrected chi connectivity index (χ4v) is 3.42. The number of rotatable bonds is 0. The molecule has 0 radical (unpaired) electrons. The topological polar surface area (TPSA) is 26.2 Å². The number of hydrogen-bond acceptors (Lipinski definition) is 2. The van der Waals surface area contributed by atoms with Gasteiger partial charge in [0.25, 0.3) is 5.52 Å². The van der Waals surface area contributed by atoms with E-state index in [2.05, 4.69) is 53.1 Å². The standard InChI is InChI=1S/C20H16NO2/c1-2-7-15-14(6-1)10-11-16-19(15)22-13-5-12-21-17-8-3-4-9-18(17)23-20(16)21/h1-4,6-11H,5,12-13H2/q+1. The maximum absolute atomic E-state index is 6.18. The molecule has 1 aliphatic heterocycles. The third kappa shape index (κ3) is 1.86. The first-order valence-corrected chi connectivity index (χ1v) is 7.98. The molecule has 3 heteroatoms. The Morgan fingerprint density at radius 1 is 0.870 bits per heavy atom. The van der Waals surface area contributed by atoms with Gasteiger partial charge < -0.3 is 9.15 Å². The number of ether oxygens (including phenoxy) is 1. The van der Waals surface area contributed by atoms with Crippen molar-refractivity contribution in [3.8, 4) is 17.2 Å². The summed E-state index contributed by atoms with van der Waals surface area (Å²) >= 11 is 0. The molecule has 0 spiro atoms. The van der Waals surface area contributed by atoms with Crippen LogP contribution in [0.1, 0.15) is 6.42 Å². The van der Waals surface area contributed by atoms with Crippen LogP contribution < -0.4 is 9.30 Å². The maximum atomic E-state index is 6.18. The molecule has 0 aliphatic carbocycles. The maximum Gasteiger partial charge on any atom is 0.385 e. The Hall–Kier alpha value is -2.81. The van der Waals surface area contributed by atoms with Crippen LogP contribution in [0.3, 0.4) is 0 Å². The number of hydrogen-bond donors (Lipinski definition) is 0. The highest BCUT2D eigenvalue weighted by Crippen LogP contribution is 2.37. The van der Waals surface area contributed by atoms with Gasteiger partial charge in [-0.1, -0.05) is 42.5 Å². The van der Waals surface area contributed by atoms with Crippen LogP contribution in [0.15, 0.2) is 65.1 Å². The highest BCUT2D eigenvalue weighted by Gasteiger charge is 2.29. The van der Waals surface area contributed by atoms with Gasteiger partial charge in [0.1, 0.15) is 11.3 Å². The van der Waals surface area contributed by atoms with Crippen molar-refractivity contribution in [1.82, 2.24) is 0 Å². The lowest BCUT2D eigenvalue weighted by Gasteiger charge is -2.14. The van der Waals surface area contributed by atoms with E-state index in [0.29, 0.717) is 6.61 Å². The van der Waals surface area contributed by atoms with Crippen LogP contribution in [-0.4, -0.2) is 6.61 Å². The second-order valence-corrected chi connectivity index (χ2v) is 5.89. The molecule has 23 heavy (non-hydrogen) atoms. The summed E-state index contributed by atoms with van der Waals surface area (Å²) < 4.78 is 14.6. The molecule has 0 saturated carbocycles. The first kappa shape index (κ1) is 12.7. The Balaban J connectivity index is 1.88. The van der Waals surface area contributed by atoms with E-state index in [-0.39, 0.29) is 0 Å². The van der Waals surface area contributed by atoms with Crippen molar-refractivity contribution in [3.63, 3.8) is 0 Å². The van der Waals surface area contributed by atoms with Gasteiger partial charge in [-0.3, -0.25) is 0 Å². The molecular formula is C20H16NO2+. The minimum absolute atomic E-state index is 0.715. The van der Waals surface area contributed by atoms with Crippen molar-refractivity contribution in [2.24, 2.45) is 0 Å². The zero-order valence-corrected chi connectivity index (χ0v) is 12.7. The smallest absolute Gasteiger partial charge is 0.385 e. The number of aromatic nitrogens is 1. The summed E-state index contributed by atoms with van der Waals surface area (Å²) in [4.78, 5) is 0. The van der Waals surface area contributed by atoms with Gasteiger partial charge >= 0.3 is 5.89 Å². The molecule has 0 N–H and O–H groups in total. The van der Waals surface area contributed by atoms with Gasteiger partial charge in [0, 0.05) is 17.9 Å². The number of aryl methyl sites for hydroxylation is 1. The van der Waals surface area contributed by atoms with Crippen LogP contribution in [0.4, 0.5) is 0 Å². The number of nitrogens with zero attached hydrogens (tertiary/aromatic N) is 1. The Kier molecular flexibility index (Phi) is 2.68. The molecule has 2 heterocycles. The van der Waals surface area contributed by atoms with Gasteiger partial charge in [0.15, 0.2) is 6.54 Å². The molecule has 0 fully saturated rings. The molecule has 0 unspecified atom stereocenters. The van der Waals surface area contributed by atoms with Crippen LogP contribution in [0.2, 0.25) is 0 Å². The minimum atomic E-state index is 0.715. The first-order chi connectivity index (χ1) is 11.4. The first-order valence-electron chi connectivity index (χ1n) is 7.98. The lowest BCUT2D eigenvalue weighted by Crippen LogP contribution is -2.36. The average molecular weight is 302 g/mol. The monoisotopic (exact) mass is 302 g/mol. The van der Waals surface area contributed by atoms with Crippen LogP contribution in [-0.2, 0) is 6.54 Å². The Morgan fingerprint density at radius 3 is 2.74 bits per heavy atom. The van der Waals surface area contributed by atoms with Gasteiger partial charge in [-0.15, -0.1) is 0 Å². The Morgan fingerprint density at radius 2 is 1.74 bits per heavy atom. The number of para-hydroxylation sites is 2. The van der Waals surface area contributed by atoms with E-state index in [9.17, 15) is 0 Å². The fraction of sp³-hybridized carbons (Fsp3) is 0.150. The van der Waals surface area contributed by atoms with E-state index in [1.807, 2.05) is 12.1 Å². The van der Waals surface area contributed by atoms with Gasteiger partial charge in [-0.25, -0.2) is 0 Å². The molecule has 5 rings (SSSR count). The van der Waals surface area contributed by atoms with E-state index in [0.717, 1.165) is 46.7 Å². The summed E-state index contributed by atoms with van der Waals surface area (Å²) in [5.41, 5.74) is 3.09. The minimum Gasteiger partial charge on any atom is -0.492 e. The van der Waals surface area contributed by atoms with Crippen molar-refractivity contribution in [2.45, 2.75) is 13.0 Å². The highest BCUT2D eigenvalue weighted by atomic mass is 16.5. The lowest BCUT2D eigenvalue weighted by atomic mass is 10.0. The molecule has 0 bridgehead atoms. The second kappa shape index (κ2) is 4.85. The Bertz CT molecular complexity index is 1030. The van der Waals surface area contributed by atoms with Crippen molar-refractivity contribution < 1.29 is 13.7 Å². The number of oxazole rings is 1. The van der Waals surface area contributed by atoms with Gasteiger partial charge in [0.2, 0.25) is 5.58 Å². The summed E-state index contributed by atoms with van der Waals surface area (Å²) in [6.45, 7) is 1.62. The third-order valence-corrected chi connectivity index (χ3v) is 4.49. The summed E-state index contributed by atoms with van der Waals surface area (Å²) in [5, 5.41) is 2.33. The molecule has 1 aliphatic rings. The Labute approximate surface area is 133 Å². The van der Waals surface area contributed by atoms with Gasteiger partial charge in [-0.2, -0.15) is 4.57 Å². The largest absolute Gasteiger partial charge is 0.492 e. The zero-order valence-electron chi connectivity index (χ0n) is 12.7. The van der Waals surface area contributed by atoms with E-state index >= 15 is 0 Å². The number of benzene rings is 3. The molecular weight excluding hydrogens is 286 g/mol. The fourth-order valence-electron chi connectivity index (χ4n) is 3.42. The van der Waals surface area contributed by atoms with Crippen LogP contribution >= 0.6 is 0 Å². The lowest BCUT2D eigenvalue weighted by molar-refractivity contribution is -0.665. The van der Waals surface area contributed by atoms with Crippen LogP contribution in [0, 0.1) is 0 Å². The predicted molar refractivity (Wildman–Crippen MR) is 89.5 cm³/mol. The molecule has 0 saturated heterocycles. The quantitative estimate of drug-likeness (QED) is 0.452. The zero-order chi connectivity index (χ0) is 15.2. The van der Waals surface area contributed by atoms with Crippen molar-refractivity contribution in [3.05, 3.63) is 60.7 Å².